The van der Waals surface area contributed by atoms with E-state index < -0.39 is 0 Å². The molecule has 1 aliphatic rings. The Kier molecular flexibility index (Phi) is 2.47. The SMILES string of the molecule is Nc1cc(-c2nc3cc(Cl)ccc3n2C2CC2)ccn1. The lowest BCUT2D eigenvalue weighted by Crippen LogP contribution is -1.98. The van der Waals surface area contributed by atoms with Crippen molar-refractivity contribution >= 4 is 28.5 Å². The maximum absolute atomic E-state index is 6.07. The quantitative estimate of drug-likeness (QED) is 0.781. The Morgan fingerprint density at radius 1 is 1.20 bits per heavy atom. The molecule has 1 aliphatic carbocycles. The smallest absolute Gasteiger partial charge is 0.141 e. The van der Waals surface area contributed by atoms with E-state index in [0.717, 1.165) is 22.4 Å². The number of pyridine rings is 1. The number of hydrogen-bond acceptors (Lipinski definition) is 3. The fourth-order valence-corrected chi connectivity index (χ4v) is 2.73. The van der Waals surface area contributed by atoms with Gasteiger partial charge in [0, 0.05) is 22.8 Å². The van der Waals surface area contributed by atoms with Gasteiger partial charge in [-0.1, -0.05) is 11.6 Å². The number of imidazole rings is 1. The highest BCUT2D eigenvalue weighted by Gasteiger charge is 2.28. The third-order valence-corrected chi connectivity index (χ3v) is 3.84. The van der Waals surface area contributed by atoms with E-state index in [1.54, 1.807) is 6.20 Å². The zero-order chi connectivity index (χ0) is 13.7. The molecule has 0 saturated heterocycles. The van der Waals surface area contributed by atoms with Crippen LogP contribution in [0.15, 0.2) is 36.5 Å². The fraction of sp³-hybridized carbons (Fsp3) is 0.200. The Hall–Kier alpha value is -2.07. The third-order valence-electron chi connectivity index (χ3n) is 3.60. The van der Waals surface area contributed by atoms with Crippen molar-refractivity contribution < 1.29 is 0 Å². The minimum Gasteiger partial charge on any atom is -0.384 e. The average molecular weight is 285 g/mol. The minimum absolute atomic E-state index is 0.509. The van der Waals surface area contributed by atoms with Crippen LogP contribution < -0.4 is 5.73 Å². The largest absolute Gasteiger partial charge is 0.384 e. The molecule has 1 aromatic carbocycles. The van der Waals surface area contributed by atoms with Crippen LogP contribution in [0.3, 0.4) is 0 Å². The van der Waals surface area contributed by atoms with Crippen LogP contribution in [-0.2, 0) is 0 Å². The van der Waals surface area contributed by atoms with Gasteiger partial charge in [-0.3, -0.25) is 0 Å². The topological polar surface area (TPSA) is 56.7 Å². The summed E-state index contributed by atoms with van der Waals surface area (Å²) in [5.74, 6) is 1.45. The van der Waals surface area contributed by atoms with Crippen molar-refractivity contribution in [1.82, 2.24) is 14.5 Å². The summed E-state index contributed by atoms with van der Waals surface area (Å²) in [6.07, 6.45) is 4.11. The van der Waals surface area contributed by atoms with Crippen molar-refractivity contribution in [2.75, 3.05) is 5.73 Å². The van der Waals surface area contributed by atoms with Crippen LogP contribution in [0.5, 0.6) is 0 Å². The van der Waals surface area contributed by atoms with Gasteiger partial charge in [-0.2, -0.15) is 0 Å². The Bertz CT molecular complexity index is 805. The molecule has 0 spiro atoms. The first-order chi connectivity index (χ1) is 9.72. The van der Waals surface area contributed by atoms with Crippen LogP contribution in [0.1, 0.15) is 18.9 Å². The van der Waals surface area contributed by atoms with Gasteiger partial charge in [0.05, 0.1) is 11.0 Å². The fourth-order valence-electron chi connectivity index (χ4n) is 2.57. The van der Waals surface area contributed by atoms with E-state index in [9.17, 15) is 0 Å². The van der Waals surface area contributed by atoms with Gasteiger partial charge in [0.2, 0.25) is 0 Å². The van der Waals surface area contributed by atoms with Crippen LogP contribution in [0, 0.1) is 0 Å². The predicted molar refractivity (Wildman–Crippen MR) is 80.7 cm³/mol. The van der Waals surface area contributed by atoms with Gasteiger partial charge in [-0.05, 0) is 43.2 Å². The minimum atomic E-state index is 0.509. The average Bonchev–Trinajstić information content (AvgIpc) is 3.19. The van der Waals surface area contributed by atoms with Gasteiger partial charge in [0.15, 0.2) is 0 Å². The molecule has 0 atom stereocenters. The molecule has 100 valence electrons. The lowest BCUT2D eigenvalue weighted by molar-refractivity contribution is 0.775. The molecule has 1 fully saturated rings. The first kappa shape index (κ1) is 11.7. The molecule has 20 heavy (non-hydrogen) atoms. The number of nitrogens with two attached hydrogens (primary N) is 1. The number of nitrogen functional groups attached to an aromatic ring is 1. The Morgan fingerprint density at radius 3 is 2.80 bits per heavy atom. The Morgan fingerprint density at radius 2 is 2.05 bits per heavy atom. The molecule has 2 heterocycles. The van der Waals surface area contributed by atoms with E-state index in [0.29, 0.717) is 16.9 Å². The van der Waals surface area contributed by atoms with Gasteiger partial charge in [-0.25, -0.2) is 9.97 Å². The molecule has 4 rings (SSSR count). The van der Waals surface area contributed by atoms with E-state index in [1.807, 2.05) is 30.3 Å². The summed E-state index contributed by atoms with van der Waals surface area (Å²) in [6, 6.07) is 10.2. The van der Waals surface area contributed by atoms with Crippen LogP contribution >= 0.6 is 11.6 Å². The lowest BCUT2D eigenvalue weighted by Gasteiger charge is -2.07. The number of anilines is 1. The van der Waals surface area contributed by atoms with Crippen molar-refractivity contribution in [2.24, 2.45) is 0 Å². The molecule has 0 unspecified atom stereocenters. The molecule has 0 bridgehead atoms. The molecule has 0 amide bonds. The van der Waals surface area contributed by atoms with Crippen LogP contribution in [0.4, 0.5) is 5.82 Å². The molecule has 0 radical (unpaired) electrons. The van der Waals surface area contributed by atoms with E-state index in [-0.39, 0.29) is 0 Å². The standard InChI is InChI=1S/C15H13ClN4/c16-10-1-4-13-12(8-10)19-15(20(13)11-2-3-11)9-5-6-18-14(17)7-9/h1,4-8,11H,2-3H2,(H2,17,18). The second kappa shape index (κ2) is 4.21. The summed E-state index contributed by atoms with van der Waals surface area (Å²) in [7, 11) is 0. The summed E-state index contributed by atoms with van der Waals surface area (Å²) in [5.41, 5.74) is 8.84. The van der Waals surface area contributed by atoms with E-state index in [4.69, 9.17) is 22.3 Å². The maximum Gasteiger partial charge on any atom is 0.141 e. The maximum atomic E-state index is 6.07. The number of rotatable bonds is 2. The van der Waals surface area contributed by atoms with Gasteiger partial charge in [0.25, 0.3) is 0 Å². The second-order valence-electron chi connectivity index (χ2n) is 5.14. The van der Waals surface area contributed by atoms with Crippen LogP contribution in [0.25, 0.3) is 22.4 Å². The van der Waals surface area contributed by atoms with Crippen LogP contribution in [0.2, 0.25) is 5.02 Å². The molecular formula is C15H13ClN4. The number of nitrogens with zero attached hydrogens (tertiary/aromatic N) is 3. The van der Waals surface area contributed by atoms with Crippen molar-refractivity contribution in [3.63, 3.8) is 0 Å². The molecule has 4 nitrogen and oxygen atoms in total. The summed E-state index contributed by atoms with van der Waals surface area (Å²) in [5, 5.41) is 0.707. The number of halogens is 1. The molecule has 2 aromatic heterocycles. The van der Waals surface area contributed by atoms with E-state index in [2.05, 4.69) is 9.55 Å². The van der Waals surface area contributed by atoms with Gasteiger partial charge >= 0.3 is 0 Å². The number of aromatic nitrogens is 3. The first-order valence-electron chi connectivity index (χ1n) is 6.62. The van der Waals surface area contributed by atoms with Crippen molar-refractivity contribution in [2.45, 2.75) is 18.9 Å². The number of hydrogen-bond donors (Lipinski definition) is 1. The lowest BCUT2D eigenvalue weighted by atomic mass is 10.2. The van der Waals surface area contributed by atoms with Gasteiger partial charge < -0.3 is 10.3 Å². The highest BCUT2D eigenvalue weighted by atomic mass is 35.5. The van der Waals surface area contributed by atoms with E-state index in [1.165, 1.54) is 12.8 Å². The highest BCUT2D eigenvalue weighted by molar-refractivity contribution is 6.31. The zero-order valence-electron chi connectivity index (χ0n) is 10.8. The summed E-state index contributed by atoms with van der Waals surface area (Å²) in [6.45, 7) is 0. The Labute approximate surface area is 121 Å². The molecule has 0 aliphatic heterocycles. The molecule has 2 N–H and O–H groups in total. The van der Waals surface area contributed by atoms with Gasteiger partial charge in [-0.15, -0.1) is 0 Å². The molecule has 5 heteroatoms. The third kappa shape index (κ3) is 1.84. The summed E-state index contributed by atoms with van der Waals surface area (Å²) >= 11 is 6.07. The normalized spacial score (nSPS) is 14.8. The first-order valence-corrected chi connectivity index (χ1v) is 6.99. The summed E-state index contributed by atoms with van der Waals surface area (Å²) in [4.78, 5) is 8.78. The summed E-state index contributed by atoms with van der Waals surface area (Å²) < 4.78 is 2.29. The predicted octanol–water partition coefficient (Wildman–Crippen LogP) is 3.67. The second-order valence-corrected chi connectivity index (χ2v) is 5.58. The number of benzene rings is 1. The Balaban J connectivity index is 2.00. The molecule has 1 saturated carbocycles. The van der Waals surface area contributed by atoms with E-state index >= 15 is 0 Å². The zero-order valence-corrected chi connectivity index (χ0v) is 11.5. The molecule has 3 aromatic rings. The van der Waals surface area contributed by atoms with Gasteiger partial charge in [0.1, 0.15) is 11.6 Å². The van der Waals surface area contributed by atoms with Crippen molar-refractivity contribution in [3.8, 4) is 11.4 Å². The molecular weight excluding hydrogens is 272 g/mol. The highest BCUT2D eigenvalue weighted by Crippen LogP contribution is 2.41. The monoisotopic (exact) mass is 284 g/mol. The number of fused-ring (bicyclic) bond motifs is 1. The van der Waals surface area contributed by atoms with Crippen LogP contribution in [-0.4, -0.2) is 14.5 Å². The van der Waals surface area contributed by atoms with Crippen molar-refractivity contribution in [1.29, 1.82) is 0 Å². The van der Waals surface area contributed by atoms with Crippen molar-refractivity contribution in [3.05, 3.63) is 41.6 Å².